The molecule has 0 bridgehead atoms. The lowest BCUT2D eigenvalue weighted by Crippen LogP contribution is -2.45. The topological polar surface area (TPSA) is 80.3 Å². The van der Waals surface area contributed by atoms with Crippen molar-refractivity contribution in [1.29, 1.82) is 0 Å². The fourth-order valence-electron chi connectivity index (χ4n) is 3.90. The van der Waals surface area contributed by atoms with Gasteiger partial charge >= 0.3 is 0 Å². The highest BCUT2D eigenvalue weighted by Gasteiger charge is 2.36. The first-order chi connectivity index (χ1) is 13.7. The van der Waals surface area contributed by atoms with Crippen molar-refractivity contribution in [2.45, 2.75) is 31.8 Å². The number of fused-ring (bicyclic) bond motifs is 1. The molecule has 0 saturated carbocycles. The van der Waals surface area contributed by atoms with E-state index < -0.39 is 6.04 Å². The van der Waals surface area contributed by atoms with Gasteiger partial charge in [-0.3, -0.25) is 14.5 Å². The first-order valence-corrected chi connectivity index (χ1v) is 9.96. The van der Waals surface area contributed by atoms with Crippen molar-refractivity contribution in [3.05, 3.63) is 23.8 Å². The van der Waals surface area contributed by atoms with Crippen LogP contribution in [-0.2, 0) is 20.9 Å². The lowest BCUT2D eigenvalue weighted by molar-refractivity contribution is -0.135. The van der Waals surface area contributed by atoms with Gasteiger partial charge in [0.05, 0.1) is 13.2 Å². The van der Waals surface area contributed by atoms with Crippen LogP contribution in [0.3, 0.4) is 0 Å². The molecule has 0 radical (unpaired) electrons. The number of benzene rings is 1. The van der Waals surface area contributed by atoms with E-state index in [0.717, 1.165) is 44.8 Å². The number of carbonyl (C=O) groups is 2. The number of nitrogens with zero attached hydrogens (tertiary/aromatic N) is 2. The Morgan fingerprint density at radius 1 is 1.18 bits per heavy atom. The van der Waals surface area contributed by atoms with E-state index in [9.17, 15) is 9.59 Å². The van der Waals surface area contributed by atoms with Crippen LogP contribution < -0.4 is 14.8 Å². The highest BCUT2D eigenvalue weighted by molar-refractivity contribution is 5.90. The van der Waals surface area contributed by atoms with Crippen LogP contribution in [0.2, 0.25) is 0 Å². The Morgan fingerprint density at radius 2 is 2.00 bits per heavy atom. The van der Waals surface area contributed by atoms with E-state index >= 15 is 0 Å². The zero-order chi connectivity index (χ0) is 19.3. The molecule has 3 heterocycles. The third kappa shape index (κ3) is 4.39. The van der Waals surface area contributed by atoms with Crippen molar-refractivity contribution in [2.24, 2.45) is 0 Å². The minimum absolute atomic E-state index is 0.0196. The molecular formula is C20H27N3O5. The molecule has 28 heavy (non-hydrogen) atoms. The number of hydrogen-bond donors (Lipinski definition) is 1. The number of likely N-dealkylation sites (tertiary alicyclic amines) is 1. The van der Waals surface area contributed by atoms with Crippen LogP contribution in [-0.4, -0.2) is 73.8 Å². The van der Waals surface area contributed by atoms with Crippen molar-refractivity contribution in [3.8, 4) is 11.5 Å². The SMILES string of the molecule is O=C(NCCCN1CCOCC1)C1CCC(=O)N1Cc1ccc2c(c1)OCO2. The van der Waals surface area contributed by atoms with Gasteiger partial charge in [0.15, 0.2) is 11.5 Å². The zero-order valence-electron chi connectivity index (χ0n) is 16.0. The molecule has 152 valence electrons. The molecule has 3 aliphatic heterocycles. The predicted molar refractivity (Wildman–Crippen MR) is 101 cm³/mol. The van der Waals surface area contributed by atoms with Crippen LogP contribution in [0, 0.1) is 0 Å². The molecule has 1 aromatic rings. The molecule has 4 rings (SSSR count). The van der Waals surface area contributed by atoms with E-state index in [1.807, 2.05) is 18.2 Å². The minimum atomic E-state index is -0.402. The van der Waals surface area contributed by atoms with Gasteiger partial charge in [-0.25, -0.2) is 0 Å². The molecule has 0 aliphatic carbocycles. The van der Waals surface area contributed by atoms with E-state index in [1.54, 1.807) is 4.90 Å². The minimum Gasteiger partial charge on any atom is -0.454 e. The molecule has 0 spiro atoms. The summed E-state index contributed by atoms with van der Waals surface area (Å²) in [5.74, 6) is 1.36. The lowest BCUT2D eigenvalue weighted by atomic mass is 10.1. The van der Waals surface area contributed by atoms with E-state index in [1.165, 1.54) is 0 Å². The molecule has 8 heteroatoms. The van der Waals surface area contributed by atoms with Crippen LogP contribution >= 0.6 is 0 Å². The molecule has 2 amide bonds. The van der Waals surface area contributed by atoms with Gasteiger partial charge in [-0.1, -0.05) is 6.07 Å². The van der Waals surface area contributed by atoms with Crippen molar-refractivity contribution < 1.29 is 23.8 Å². The summed E-state index contributed by atoms with van der Waals surface area (Å²) in [6.45, 7) is 5.67. The quantitative estimate of drug-likeness (QED) is 0.693. The maximum absolute atomic E-state index is 12.6. The van der Waals surface area contributed by atoms with E-state index in [4.69, 9.17) is 14.2 Å². The number of morpholine rings is 1. The first-order valence-electron chi connectivity index (χ1n) is 9.96. The Labute approximate surface area is 164 Å². The summed E-state index contributed by atoms with van der Waals surface area (Å²) in [5, 5.41) is 3.01. The van der Waals surface area contributed by atoms with Gasteiger partial charge in [-0.05, 0) is 37.1 Å². The van der Waals surface area contributed by atoms with Gasteiger partial charge in [0.25, 0.3) is 0 Å². The molecule has 0 aromatic heterocycles. The number of ether oxygens (including phenoxy) is 3. The summed E-state index contributed by atoms with van der Waals surface area (Å²) < 4.78 is 16.1. The molecule has 1 aromatic carbocycles. The molecule has 2 saturated heterocycles. The Hall–Kier alpha value is -2.32. The standard InChI is InChI=1S/C20H27N3O5/c24-19-5-3-16(20(25)21-6-1-7-22-8-10-26-11-9-22)23(19)13-15-2-4-17-18(12-15)28-14-27-17/h2,4,12,16H,1,3,5-11,13-14H2,(H,21,25). The summed E-state index contributed by atoms with van der Waals surface area (Å²) in [7, 11) is 0. The molecular weight excluding hydrogens is 362 g/mol. The van der Waals surface area contributed by atoms with Gasteiger partial charge in [-0.2, -0.15) is 0 Å². The molecule has 1 atom stereocenters. The predicted octanol–water partition coefficient (Wildman–Crippen LogP) is 0.745. The van der Waals surface area contributed by atoms with Gasteiger partial charge < -0.3 is 24.4 Å². The van der Waals surface area contributed by atoms with Gasteiger partial charge in [0.1, 0.15) is 6.04 Å². The van der Waals surface area contributed by atoms with Crippen LogP contribution in [0.25, 0.3) is 0 Å². The van der Waals surface area contributed by atoms with Gasteiger partial charge in [-0.15, -0.1) is 0 Å². The van der Waals surface area contributed by atoms with Gasteiger partial charge in [0.2, 0.25) is 18.6 Å². The number of carbonyl (C=O) groups excluding carboxylic acids is 2. The summed E-state index contributed by atoms with van der Waals surface area (Å²) in [6, 6.07) is 5.24. The van der Waals surface area contributed by atoms with E-state index in [-0.39, 0.29) is 18.6 Å². The third-order valence-electron chi connectivity index (χ3n) is 5.47. The second-order valence-corrected chi connectivity index (χ2v) is 7.36. The van der Waals surface area contributed by atoms with Gasteiger partial charge in [0, 0.05) is 32.6 Å². The van der Waals surface area contributed by atoms with E-state index in [2.05, 4.69) is 10.2 Å². The molecule has 1 unspecified atom stereocenters. The van der Waals surface area contributed by atoms with Crippen molar-refractivity contribution in [1.82, 2.24) is 15.1 Å². The highest BCUT2D eigenvalue weighted by Crippen LogP contribution is 2.33. The number of hydrogen-bond acceptors (Lipinski definition) is 6. The summed E-state index contributed by atoms with van der Waals surface area (Å²) >= 11 is 0. The summed E-state index contributed by atoms with van der Waals surface area (Å²) in [6.07, 6.45) is 1.88. The normalized spacial score (nSPS) is 21.9. The lowest BCUT2D eigenvalue weighted by Gasteiger charge is -2.27. The van der Waals surface area contributed by atoms with Crippen LogP contribution in [0.15, 0.2) is 18.2 Å². The van der Waals surface area contributed by atoms with Crippen LogP contribution in [0.5, 0.6) is 11.5 Å². The molecule has 8 nitrogen and oxygen atoms in total. The number of rotatable bonds is 7. The fraction of sp³-hybridized carbons (Fsp3) is 0.600. The second-order valence-electron chi connectivity index (χ2n) is 7.36. The molecule has 1 N–H and O–H groups in total. The zero-order valence-corrected chi connectivity index (χ0v) is 16.0. The Morgan fingerprint density at radius 3 is 2.86 bits per heavy atom. The Kier molecular flexibility index (Phi) is 5.97. The summed E-state index contributed by atoms with van der Waals surface area (Å²) in [4.78, 5) is 29.0. The van der Waals surface area contributed by atoms with Crippen molar-refractivity contribution >= 4 is 11.8 Å². The number of nitrogens with one attached hydrogen (secondary N) is 1. The second kappa shape index (κ2) is 8.79. The highest BCUT2D eigenvalue weighted by atomic mass is 16.7. The Balaban J connectivity index is 1.27. The van der Waals surface area contributed by atoms with E-state index in [0.29, 0.717) is 37.4 Å². The third-order valence-corrected chi connectivity index (χ3v) is 5.47. The monoisotopic (exact) mass is 389 g/mol. The number of amides is 2. The van der Waals surface area contributed by atoms with Crippen LogP contribution in [0.1, 0.15) is 24.8 Å². The average Bonchev–Trinajstić information content (AvgIpc) is 3.32. The summed E-state index contributed by atoms with van der Waals surface area (Å²) in [5.41, 5.74) is 0.935. The molecule has 3 aliphatic rings. The first kappa shape index (κ1) is 19.0. The average molecular weight is 389 g/mol. The molecule has 2 fully saturated rings. The Bertz CT molecular complexity index is 720. The fourth-order valence-corrected chi connectivity index (χ4v) is 3.90. The van der Waals surface area contributed by atoms with Crippen molar-refractivity contribution in [3.63, 3.8) is 0 Å². The smallest absolute Gasteiger partial charge is 0.242 e. The van der Waals surface area contributed by atoms with Crippen molar-refractivity contribution in [2.75, 3.05) is 46.2 Å². The van der Waals surface area contributed by atoms with Crippen LogP contribution in [0.4, 0.5) is 0 Å². The maximum atomic E-state index is 12.6. The maximum Gasteiger partial charge on any atom is 0.242 e. The largest absolute Gasteiger partial charge is 0.454 e.